The number of ether oxygens (including phenoxy) is 2. The van der Waals surface area contributed by atoms with Crippen LogP contribution in [-0.2, 0) is 6.61 Å². The molecule has 3 heteroatoms. The maximum Gasteiger partial charge on any atom is 0.120 e. The van der Waals surface area contributed by atoms with E-state index in [0.29, 0.717) is 13.2 Å². The zero-order chi connectivity index (χ0) is 15.2. The minimum Gasteiger partial charge on any atom is -0.494 e. The van der Waals surface area contributed by atoms with Crippen molar-refractivity contribution in [2.24, 2.45) is 0 Å². The van der Waals surface area contributed by atoms with E-state index in [9.17, 15) is 0 Å². The maximum absolute atomic E-state index is 5.87. The van der Waals surface area contributed by atoms with Crippen LogP contribution in [0.3, 0.4) is 0 Å². The molecule has 0 aromatic heterocycles. The van der Waals surface area contributed by atoms with Crippen LogP contribution < -0.4 is 14.4 Å². The van der Waals surface area contributed by atoms with Crippen LogP contribution in [0.4, 0.5) is 5.69 Å². The van der Waals surface area contributed by atoms with Gasteiger partial charge in [0.15, 0.2) is 0 Å². The number of rotatable bonds is 6. The van der Waals surface area contributed by atoms with Gasteiger partial charge in [-0.15, -0.1) is 0 Å². The molecule has 2 aromatic carbocycles. The van der Waals surface area contributed by atoms with Crippen molar-refractivity contribution in [2.75, 3.05) is 24.6 Å². The summed E-state index contributed by atoms with van der Waals surface area (Å²) in [5.74, 6) is 1.75. The molecule has 1 heterocycles. The fourth-order valence-corrected chi connectivity index (χ4v) is 2.78. The smallest absolute Gasteiger partial charge is 0.120 e. The van der Waals surface area contributed by atoms with Gasteiger partial charge in [-0.2, -0.15) is 0 Å². The molecule has 0 spiro atoms. The van der Waals surface area contributed by atoms with Gasteiger partial charge >= 0.3 is 0 Å². The molecule has 22 heavy (non-hydrogen) atoms. The lowest BCUT2D eigenvalue weighted by Gasteiger charge is -2.18. The Morgan fingerprint density at radius 1 is 0.909 bits per heavy atom. The van der Waals surface area contributed by atoms with Crippen molar-refractivity contribution in [1.29, 1.82) is 0 Å². The van der Waals surface area contributed by atoms with E-state index in [4.69, 9.17) is 9.47 Å². The molecule has 0 N–H and O–H groups in total. The molecule has 3 nitrogen and oxygen atoms in total. The van der Waals surface area contributed by atoms with Crippen molar-refractivity contribution >= 4 is 5.69 Å². The van der Waals surface area contributed by atoms with Crippen molar-refractivity contribution in [3.63, 3.8) is 0 Å². The monoisotopic (exact) mass is 297 g/mol. The van der Waals surface area contributed by atoms with Crippen molar-refractivity contribution in [1.82, 2.24) is 0 Å². The zero-order valence-electron chi connectivity index (χ0n) is 13.1. The summed E-state index contributed by atoms with van der Waals surface area (Å²) in [6.07, 6.45) is 2.60. The Hall–Kier alpha value is -2.16. The second-order valence-electron chi connectivity index (χ2n) is 5.56. The third-order valence-corrected chi connectivity index (χ3v) is 3.92. The third-order valence-electron chi connectivity index (χ3n) is 3.92. The molecular weight excluding hydrogens is 274 g/mol. The number of benzene rings is 2. The quantitative estimate of drug-likeness (QED) is 0.795. The Kier molecular flexibility index (Phi) is 4.84. The minimum absolute atomic E-state index is 0.593. The van der Waals surface area contributed by atoms with Gasteiger partial charge in [-0.1, -0.05) is 12.1 Å². The first kappa shape index (κ1) is 14.8. The summed E-state index contributed by atoms with van der Waals surface area (Å²) < 4.78 is 11.3. The highest BCUT2D eigenvalue weighted by Gasteiger charge is 2.12. The van der Waals surface area contributed by atoms with Gasteiger partial charge in [0, 0.05) is 18.8 Å². The summed E-state index contributed by atoms with van der Waals surface area (Å²) in [6.45, 7) is 5.60. The summed E-state index contributed by atoms with van der Waals surface area (Å²) >= 11 is 0. The van der Waals surface area contributed by atoms with E-state index < -0.39 is 0 Å². The van der Waals surface area contributed by atoms with Gasteiger partial charge < -0.3 is 14.4 Å². The summed E-state index contributed by atoms with van der Waals surface area (Å²) in [7, 11) is 0. The predicted octanol–water partition coefficient (Wildman–Crippen LogP) is 4.26. The molecule has 116 valence electrons. The van der Waals surface area contributed by atoms with E-state index in [2.05, 4.69) is 29.2 Å². The topological polar surface area (TPSA) is 21.7 Å². The lowest BCUT2D eigenvalue weighted by atomic mass is 10.2. The number of anilines is 1. The summed E-state index contributed by atoms with van der Waals surface area (Å²) in [5, 5.41) is 0. The molecule has 1 fully saturated rings. The molecule has 0 atom stereocenters. The molecule has 3 rings (SSSR count). The molecule has 0 aliphatic carbocycles. The Morgan fingerprint density at radius 3 is 2.27 bits per heavy atom. The normalized spacial score (nSPS) is 14.1. The zero-order valence-corrected chi connectivity index (χ0v) is 13.1. The second kappa shape index (κ2) is 7.21. The molecule has 1 aliphatic rings. The predicted molar refractivity (Wildman–Crippen MR) is 89.8 cm³/mol. The SMILES string of the molecule is CCOc1ccc(OCc2cccc(N3CCCC3)c2)cc1. The van der Waals surface area contributed by atoms with Gasteiger partial charge in [0.1, 0.15) is 18.1 Å². The average Bonchev–Trinajstić information content (AvgIpc) is 3.09. The van der Waals surface area contributed by atoms with Gasteiger partial charge in [0.2, 0.25) is 0 Å². The molecule has 0 bridgehead atoms. The van der Waals surface area contributed by atoms with Gasteiger partial charge in [0.05, 0.1) is 6.61 Å². The van der Waals surface area contributed by atoms with Crippen LogP contribution in [0.15, 0.2) is 48.5 Å². The summed E-state index contributed by atoms with van der Waals surface area (Å²) in [6, 6.07) is 16.5. The highest BCUT2D eigenvalue weighted by Crippen LogP contribution is 2.23. The highest BCUT2D eigenvalue weighted by atomic mass is 16.5. The first-order valence-electron chi connectivity index (χ1n) is 8.05. The van der Waals surface area contributed by atoms with Crippen LogP contribution in [0, 0.1) is 0 Å². The van der Waals surface area contributed by atoms with Gasteiger partial charge in [-0.25, -0.2) is 0 Å². The van der Waals surface area contributed by atoms with Crippen molar-refractivity contribution in [3.05, 3.63) is 54.1 Å². The molecule has 1 aliphatic heterocycles. The third kappa shape index (κ3) is 3.73. The van der Waals surface area contributed by atoms with Crippen LogP contribution in [-0.4, -0.2) is 19.7 Å². The second-order valence-corrected chi connectivity index (χ2v) is 5.56. The van der Waals surface area contributed by atoms with Crippen molar-refractivity contribution in [2.45, 2.75) is 26.4 Å². The van der Waals surface area contributed by atoms with E-state index in [0.717, 1.165) is 11.5 Å². The van der Waals surface area contributed by atoms with E-state index in [1.54, 1.807) is 0 Å². The molecule has 2 aromatic rings. The van der Waals surface area contributed by atoms with Gasteiger partial charge in [0.25, 0.3) is 0 Å². The Bertz CT molecular complexity index is 589. The van der Waals surface area contributed by atoms with E-state index in [-0.39, 0.29) is 0 Å². The summed E-state index contributed by atoms with van der Waals surface area (Å²) in [4.78, 5) is 2.44. The first-order valence-corrected chi connectivity index (χ1v) is 8.05. The van der Waals surface area contributed by atoms with Crippen molar-refractivity contribution in [3.8, 4) is 11.5 Å². The number of hydrogen-bond acceptors (Lipinski definition) is 3. The molecule has 0 saturated carbocycles. The van der Waals surface area contributed by atoms with Gasteiger partial charge in [-0.3, -0.25) is 0 Å². The Balaban J connectivity index is 1.59. The Labute approximate surface area is 132 Å². The lowest BCUT2D eigenvalue weighted by Crippen LogP contribution is -2.17. The fourth-order valence-electron chi connectivity index (χ4n) is 2.78. The van der Waals surface area contributed by atoms with E-state index in [1.165, 1.54) is 37.2 Å². The van der Waals surface area contributed by atoms with Crippen LogP contribution in [0.2, 0.25) is 0 Å². The number of hydrogen-bond donors (Lipinski definition) is 0. The van der Waals surface area contributed by atoms with Crippen LogP contribution in [0.1, 0.15) is 25.3 Å². The molecule has 1 saturated heterocycles. The van der Waals surface area contributed by atoms with Gasteiger partial charge in [-0.05, 0) is 61.7 Å². The molecule has 0 unspecified atom stereocenters. The van der Waals surface area contributed by atoms with Crippen LogP contribution in [0.5, 0.6) is 11.5 Å². The Morgan fingerprint density at radius 2 is 1.59 bits per heavy atom. The minimum atomic E-state index is 0.593. The van der Waals surface area contributed by atoms with E-state index >= 15 is 0 Å². The maximum atomic E-state index is 5.87. The van der Waals surface area contributed by atoms with E-state index in [1.807, 2.05) is 31.2 Å². The molecule has 0 radical (unpaired) electrons. The first-order chi connectivity index (χ1) is 10.8. The highest BCUT2D eigenvalue weighted by molar-refractivity contribution is 5.49. The standard InChI is InChI=1S/C19H23NO2/c1-2-21-18-8-10-19(11-9-18)22-15-16-6-5-7-17(14-16)20-12-3-4-13-20/h5-11,14H,2-4,12-13,15H2,1H3. The number of nitrogens with zero attached hydrogens (tertiary/aromatic N) is 1. The molecular formula is C19H23NO2. The van der Waals surface area contributed by atoms with Crippen molar-refractivity contribution < 1.29 is 9.47 Å². The fraction of sp³-hybridized carbons (Fsp3) is 0.368. The van der Waals surface area contributed by atoms with Crippen LogP contribution >= 0.6 is 0 Å². The largest absolute Gasteiger partial charge is 0.494 e. The van der Waals surface area contributed by atoms with Crippen LogP contribution in [0.25, 0.3) is 0 Å². The average molecular weight is 297 g/mol. The molecule has 0 amide bonds. The summed E-state index contributed by atoms with van der Waals surface area (Å²) in [5.41, 5.74) is 2.52. The lowest BCUT2D eigenvalue weighted by molar-refractivity contribution is 0.304.